The van der Waals surface area contributed by atoms with Crippen LogP contribution in [0.25, 0.3) is 22.3 Å². The van der Waals surface area contributed by atoms with Crippen LogP contribution in [0.5, 0.6) is 5.75 Å². The number of benzene rings is 3. The molecule has 1 heterocycles. The van der Waals surface area contributed by atoms with Gasteiger partial charge in [-0.3, -0.25) is 0 Å². The van der Waals surface area contributed by atoms with Crippen molar-refractivity contribution >= 4 is 23.5 Å². The van der Waals surface area contributed by atoms with Crippen molar-refractivity contribution in [3.63, 3.8) is 0 Å². The van der Waals surface area contributed by atoms with E-state index in [1.165, 1.54) is 35.7 Å². The van der Waals surface area contributed by atoms with Crippen molar-refractivity contribution in [2.45, 2.75) is 18.4 Å². The van der Waals surface area contributed by atoms with Crippen molar-refractivity contribution in [3.8, 4) is 28.0 Å². The molecule has 0 aromatic heterocycles. The maximum atomic E-state index is 15.1. The lowest BCUT2D eigenvalue weighted by molar-refractivity contribution is 0.314. The van der Waals surface area contributed by atoms with E-state index in [0.29, 0.717) is 5.92 Å². The van der Waals surface area contributed by atoms with Gasteiger partial charge in [-0.25, -0.2) is 22.0 Å². The summed E-state index contributed by atoms with van der Waals surface area (Å²) < 4.78 is 93.5. The third-order valence-corrected chi connectivity index (χ3v) is 8.93. The number of ether oxygens (including phenoxy) is 1. The lowest BCUT2D eigenvalue weighted by Crippen LogP contribution is -2.13. The van der Waals surface area contributed by atoms with Crippen LogP contribution in [0.3, 0.4) is 0 Å². The molecule has 3 aromatic rings. The molecule has 0 atom stereocenters. The summed E-state index contributed by atoms with van der Waals surface area (Å²) in [4.78, 5) is 0. The monoisotopic (exact) mass is 540 g/mol. The Labute approximate surface area is 213 Å². The predicted octanol–water partition coefficient (Wildman–Crippen LogP) is 8.92. The molecule has 0 unspecified atom stereocenters. The quantitative estimate of drug-likeness (QED) is 0.228. The van der Waals surface area contributed by atoms with Crippen LogP contribution < -0.4 is 4.74 Å². The molecule has 1 aliphatic heterocycles. The Morgan fingerprint density at radius 2 is 1.19 bits per heavy atom. The van der Waals surface area contributed by atoms with Crippen molar-refractivity contribution in [1.29, 1.82) is 0 Å². The van der Waals surface area contributed by atoms with E-state index in [1.54, 1.807) is 6.92 Å². The van der Waals surface area contributed by atoms with Crippen LogP contribution in [0.4, 0.5) is 26.3 Å². The van der Waals surface area contributed by atoms with Crippen LogP contribution in [-0.2, 0) is 0 Å². The second kappa shape index (κ2) is 11.3. The molecular weight excluding hydrogens is 518 g/mol. The van der Waals surface area contributed by atoms with Crippen LogP contribution in [0, 0.1) is 40.8 Å². The zero-order valence-electron chi connectivity index (χ0n) is 19.4. The Morgan fingerprint density at radius 1 is 0.722 bits per heavy atom. The average Bonchev–Trinajstić information content (AvgIpc) is 2.87. The fraction of sp³-hybridized carbons (Fsp3) is 0.259. The lowest BCUT2D eigenvalue weighted by Gasteiger charge is -2.26. The molecule has 0 N–H and O–H groups in total. The molecule has 1 saturated heterocycles. The molecular formula is C27H22F6OS2. The van der Waals surface area contributed by atoms with E-state index in [1.807, 2.05) is 13.0 Å². The summed E-state index contributed by atoms with van der Waals surface area (Å²) >= 11 is 2.99. The summed E-state index contributed by atoms with van der Waals surface area (Å²) in [6.45, 7) is 3.60. The van der Waals surface area contributed by atoms with Gasteiger partial charge in [-0.2, -0.15) is 4.39 Å². The molecule has 0 spiro atoms. The Kier molecular flexibility index (Phi) is 8.30. The highest BCUT2D eigenvalue weighted by Gasteiger charge is 2.28. The van der Waals surface area contributed by atoms with Gasteiger partial charge in [0.2, 0.25) is 5.82 Å². The highest BCUT2D eigenvalue weighted by Crippen LogP contribution is 2.47. The highest BCUT2D eigenvalue weighted by molar-refractivity contribution is 8.16. The van der Waals surface area contributed by atoms with E-state index in [0.717, 1.165) is 35.8 Å². The van der Waals surface area contributed by atoms with Crippen molar-refractivity contribution in [2.24, 2.45) is 5.92 Å². The van der Waals surface area contributed by atoms with Gasteiger partial charge in [-0.1, -0.05) is 36.4 Å². The summed E-state index contributed by atoms with van der Waals surface area (Å²) in [7, 11) is 0. The minimum absolute atomic E-state index is 0.0865. The summed E-state index contributed by atoms with van der Waals surface area (Å²) in [5.41, 5.74) is -1.92. The first-order valence-electron chi connectivity index (χ1n) is 11.2. The fourth-order valence-corrected chi connectivity index (χ4v) is 7.04. The molecule has 9 heteroatoms. The highest BCUT2D eigenvalue weighted by atomic mass is 32.2. The first kappa shape index (κ1) is 26.5. The van der Waals surface area contributed by atoms with Gasteiger partial charge < -0.3 is 4.74 Å². The molecule has 0 saturated carbocycles. The van der Waals surface area contributed by atoms with Gasteiger partial charge in [0.15, 0.2) is 34.8 Å². The third kappa shape index (κ3) is 5.00. The van der Waals surface area contributed by atoms with E-state index in [-0.39, 0.29) is 22.5 Å². The molecule has 3 aromatic carbocycles. The van der Waals surface area contributed by atoms with Crippen LogP contribution >= 0.6 is 23.5 Å². The predicted molar refractivity (Wildman–Crippen MR) is 134 cm³/mol. The largest absolute Gasteiger partial charge is 0.491 e. The van der Waals surface area contributed by atoms with Gasteiger partial charge in [0, 0.05) is 39.3 Å². The molecule has 190 valence electrons. The number of hydrogen-bond donors (Lipinski definition) is 0. The normalized spacial score (nSPS) is 18.1. The molecule has 1 fully saturated rings. The van der Waals surface area contributed by atoms with E-state index >= 15 is 13.2 Å². The molecule has 1 nitrogen and oxygen atoms in total. The third-order valence-electron chi connectivity index (χ3n) is 5.76. The number of rotatable bonds is 6. The lowest BCUT2D eigenvalue weighted by atomic mass is 9.97. The van der Waals surface area contributed by atoms with Crippen molar-refractivity contribution in [1.82, 2.24) is 0 Å². The summed E-state index contributed by atoms with van der Waals surface area (Å²) in [6.07, 6.45) is 4.03. The van der Waals surface area contributed by atoms with Gasteiger partial charge in [-0.05, 0) is 31.9 Å². The maximum absolute atomic E-state index is 15.1. The van der Waals surface area contributed by atoms with E-state index in [4.69, 9.17) is 4.74 Å². The smallest absolute Gasteiger partial charge is 0.201 e. The molecule has 0 aliphatic carbocycles. The Bertz CT molecular complexity index is 1300. The maximum Gasteiger partial charge on any atom is 0.201 e. The molecule has 0 amide bonds. The number of halogens is 6. The van der Waals surface area contributed by atoms with Gasteiger partial charge in [0.25, 0.3) is 0 Å². The van der Waals surface area contributed by atoms with Crippen LogP contribution in [0.2, 0.25) is 0 Å². The standard InChI is InChI=1S/C27H22F6OS2/c1-3-5-14-12-35-27(36-13-14)19-9-8-17(23(30)25(19)32)15-6-7-16(22(29)21(15)28)18-10-11-20(34-4-2)26(33)24(18)31/h3,5-11,14,27H,4,12-13H2,1-2H3/b5-3+. The van der Waals surface area contributed by atoms with E-state index in [2.05, 4.69) is 6.08 Å². The van der Waals surface area contributed by atoms with E-state index < -0.39 is 57.2 Å². The second-order valence-corrected chi connectivity index (χ2v) is 10.7. The minimum Gasteiger partial charge on any atom is -0.491 e. The van der Waals surface area contributed by atoms with Gasteiger partial charge in [0.05, 0.1) is 11.2 Å². The first-order valence-corrected chi connectivity index (χ1v) is 13.3. The van der Waals surface area contributed by atoms with Crippen molar-refractivity contribution in [2.75, 3.05) is 18.1 Å². The van der Waals surface area contributed by atoms with Gasteiger partial charge in [-0.15, -0.1) is 23.5 Å². The fourth-order valence-electron chi connectivity index (χ4n) is 4.01. The van der Waals surface area contributed by atoms with Gasteiger partial charge >= 0.3 is 0 Å². The topological polar surface area (TPSA) is 9.23 Å². The molecule has 36 heavy (non-hydrogen) atoms. The number of allylic oxidation sites excluding steroid dienone is 2. The number of hydrogen-bond acceptors (Lipinski definition) is 3. The Morgan fingerprint density at radius 3 is 1.72 bits per heavy atom. The Hall–Kier alpha value is -2.52. The summed E-state index contributed by atoms with van der Waals surface area (Å²) in [5, 5.41) is 0. The average molecular weight is 541 g/mol. The van der Waals surface area contributed by atoms with Crippen LogP contribution in [0.1, 0.15) is 24.0 Å². The van der Waals surface area contributed by atoms with Crippen LogP contribution in [-0.4, -0.2) is 18.1 Å². The second-order valence-electron chi connectivity index (χ2n) is 8.08. The minimum atomic E-state index is -1.51. The molecule has 1 aliphatic rings. The SMILES string of the molecule is C/C=C/C1CSC(c2ccc(-c3ccc(-c4ccc(OCC)c(F)c4F)c(F)c3F)c(F)c2F)SC1. The summed E-state index contributed by atoms with van der Waals surface area (Å²) in [5.74, 6) is -6.67. The molecule has 4 rings (SSSR count). The van der Waals surface area contributed by atoms with E-state index in [9.17, 15) is 13.2 Å². The zero-order valence-corrected chi connectivity index (χ0v) is 21.0. The molecule has 0 radical (unpaired) electrons. The molecule has 0 bridgehead atoms. The number of thioether (sulfide) groups is 2. The van der Waals surface area contributed by atoms with Crippen LogP contribution in [0.15, 0.2) is 48.6 Å². The first-order chi connectivity index (χ1) is 17.3. The van der Waals surface area contributed by atoms with Crippen molar-refractivity contribution < 1.29 is 31.1 Å². The zero-order chi connectivity index (χ0) is 26.0. The summed E-state index contributed by atoms with van der Waals surface area (Å²) in [6, 6.07) is 6.79. The van der Waals surface area contributed by atoms with Gasteiger partial charge in [0.1, 0.15) is 0 Å². The van der Waals surface area contributed by atoms with Crippen molar-refractivity contribution in [3.05, 3.63) is 89.0 Å². The Balaban J connectivity index is 1.67.